The van der Waals surface area contributed by atoms with Gasteiger partial charge in [-0.1, -0.05) is 61.9 Å². The molecule has 0 spiro atoms. The molecule has 5 nitrogen and oxygen atoms in total. The number of carbonyl (C=O) groups is 2. The van der Waals surface area contributed by atoms with Crippen molar-refractivity contribution in [2.24, 2.45) is 5.92 Å². The Balaban J connectivity index is 2.03. The van der Waals surface area contributed by atoms with Gasteiger partial charge in [-0.05, 0) is 43.9 Å². The third kappa shape index (κ3) is 7.60. The summed E-state index contributed by atoms with van der Waals surface area (Å²) < 4.78 is 5.66. The minimum atomic E-state index is -0.563. The molecule has 0 saturated heterocycles. The van der Waals surface area contributed by atoms with Crippen molar-refractivity contribution < 1.29 is 14.3 Å². The molecule has 1 unspecified atom stereocenters. The molecule has 0 radical (unpaired) electrons. The first-order chi connectivity index (χ1) is 13.9. The van der Waals surface area contributed by atoms with Gasteiger partial charge in [-0.2, -0.15) is 0 Å². The number of ether oxygens (including phenoxy) is 1. The van der Waals surface area contributed by atoms with Gasteiger partial charge in [0.1, 0.15) is 11.8 Å². The zero-order chi connectivity index (χ0) is 21.2. The highest BCUT2D eigenvalue weighted by Gasteiger charge is 2.26. The Morgan fingerprint density at radius 3 is 2.28 bits per heavy atom. The van der Waals surface area contributed by atoms with E-state index >= 15 is 0 Å². The Hall–Kier alpha value is -2.82. The second kappa shape index (κ2) is 11.2. The monoisotopic (exact) mass is 396 g/mol. The van der Waals surface area contributed by atoms with Gasteiger partial charge in [-0.25, -0.2) is 0 Å². The molecule has 0 aliphatic heterocycles. The van der Waals surface area contributed by atoms with Crippen molar-refractivity contribution in [1.29, 1.82) is 0 Å². The van der Waals surface area contributed by atoms with E-state index in [1.807, 2.05) is 75.4 Å². The van der Waals surface area contributed by atoms with Crippen molar-refractivity contribution in [3.05, 3.63) is 65.7 Å². The lowest BCUT2D eigenvalue weighted by atomic mass is 10.1. The molecular formula is C24H32N2O3. The number of nitrogens with one attached hydrogen (secondary N) is 1. The van der Waals surface area contributed by atoms with Crippen LogP contribution in [0.1, 0.15) is 31.9 Å². The van der Waals surface area contributed by atoms with Crippen LogP contribution in [0.25, 0.3) is 0 Å². The van der Waals surface area contributed by atoms with Crippen LogP contribution in [0.15, 0.2) is 54.6 Å². The van der Waals surface area contributed by atoms with Crippen LogP contribution in [0, 0.1) is 12.8 Å². The highest BCUT2D eigenvalue weighted by atomic mass is 16.5. The fraction of sp³-hybridized carbons (Fsp3) is 0.417. The lowest BCUT2D eigenvalue weighted by Crippen LogP contribution is -2.50. The molecule has 1 atom stereocenters. The first-order valence-corrected chi connectivity index (χ1v) is 10.2. The third-order valence-corrected chi connectivity index (χ3v) is 4.72. The molecule has 2 aromatic rings. The Labute approximate surface area is 174 Å². The molecule has 2 amide bonds. The number of rotatable bonds is 10. The zero-order valence-electron chi connectivity index (χ0n) is 17.9. The van der Waals surface area contributed by atoms with Gasteiger partial charge in [0.15, 0.2) is 6.61 Å². The molecule has 0 fully saturated rings. The maximum Gasteiger partial charge on any atom is 0.261 e. The normalized spacial score (nSPS) is 11.8. The summed E-state index contributed by atoms with van der Waals surface area (Å²) in [6.45, 7) is 8.79. The predicted molar refractivity (Wildman–Crippen MR) is 116 cm³/mol. The second-order valence-corrected chi connectivity index (χ2v) is 7.74. The van der Waals surface area contributed by atoms with Gasteiger partial charge >= 0.3 is 0 Å². The van der Waals surface area contributed by atoms with Crippen LogP contribution in [-0.4, -0.2) is 42.5 Å². The van der Waals surface area contributed by atoms with Gasteiger partial charge in [-0.3, -0.25) is 9.59 Å². The number of nitrogens with zero attached hydrogens (tertiary/aromatic N) is 1. The van der Waals surface area contributed by atoms with E-state index in [9.17, 15) is 9.59 Å². The van der Waals surface area contributed by atoms with Crippen molar-refractivity contribution >= 4 is 11.8 Å². The molecular weight excluding hydrogens is 364 g/mol. The number of carbonyl (C=O) groups excluding carboxylic acids is 2. The molecule has 2 rings (SSSR count). The van der Waals surface area contributed by atoms with Crippen molar-refractivity contribution in [3.63, 3.8) is 0 Å². The van der Waals surface area contributed by atoms with Gasteiger partial charge < -0.3 is 15.0 Å². The first kappa shape index (κ1) is 22.5. The van der Waals surface area contributed by atoms with Crippen LogP contribution >= 0.6 is 0 Å². The Morgan fingerprint density at radius 1 is 1.00 bits per heavy atom. The van der Waals surface area contributed by atoms with E-state index in [1.165, 1.54) is 0 Å². The number of aryl methyl sites for hydroxylation is 1. The van der Waals surface area contributed by atoms with Crippen molar-refractivity contribution in [1.82, 2.24) is 10.2 Å². The fourth-order valence-corrected chi connectivity index (χ4v) is 2.89. The number of hydrogen-bond acceptors (Lipinski definition) is 3. The molecule has 0 aliphatic rings. The van der Waals surface area contributed by atoms with E-state index in [0.29, 0.717) is 31.2 Å². The van der Waals surface area contributed by atoms with E-state index in [0.717, 1.165) is 11.1 Å². The maximum atomic E-state index is 12.9. The minimum Gasteiger partial charge on any atom is -0.484 e. The fourth-order valence-electron chi connectivity index (χ4n) is 2.89. The molecule has 0 aromatic heterocycles. The minimum absolute atomic E-state index is 0.0976. The van der Waals surface area contributed by atoms with Gasteiger partial charge in [0.25, 0.3) is 5.91 Å². The average Bonchev–Trinajstić information content (AvgIpc) is 2.72. The largest absolute Gasteiger partial charge is 0.484 e. The molecule has 5 heteroatoms. The van der Waals surface area contributed by atoms with E-state index in [1.54, 1.807) is 11.8 Å². The number of amides is 2. The topological polar surface area (TPSA) is 58.6 Å². The summed E-state index contributed by atoms with van der Waals surface area (Å²) >= 11 is 0. The van der Waals surface area contributed by atoms with E-state index in [-0.39, 0.29) is 18.4 Å². The summed E-state index contributed by atoms with van der Waals surface area (Å²) in [5.74, 6) is 0.650. The van der Waals surface area contributed by atoms with Gasteiger partial charge in [0, 0.05) is 13.1 Å². The lowest BCUT2D eigenvalue weighted by molar-refractivity contribution is -0.141. The maximum absolute atomic E-state index is 12.9. The van der Waals surface area contributed by atoms with Crippen molar-refractivity contribution in [2.45, 2.75) is 40.2 Å². The first-order valence-electron chi connectivity index (χ1n) is 10.2. The summed E-state index contributed by atoms with van der Waals surface area (Å²) in [7, 11) is 0. The van der Waals surface area contributed by atoms with E-state index in [2.05, 4.69) is 5.32 Å². The SMILES string of the molecule is Cc1ccc(OCC(=O)N(CCc2ccccc2)C(C)C(=O)NCC(C)C)cc1. The predicted octanol–water partition coefficient (Wildman–Crippen LogP) is 3.61. The summed E-state index contributed by atoms with van der Waals surface area (Å²) in [5.41, 5.74) is 2.25. The zero-order valence-corrected chi connectivity index (χ0v) is 17.9. The molecule has 0 saturated carbocycles. The summed E-state index contributed by atoms with van der Waals surface area (Å²) in [4.78, 5) is 27.1. The highest BCUT2D eigenvalue weighted by molar-refractivity contribution is 5.88. The quantitative estimate of drug-likeness (QED) is 0.667. The van der Waals surface area contributed by atoms with Crippen LogP contribution in [-0.2, 0) is 16.0 Å². The van der Waals surface area contributed by atoms with Crippen LogP contribution in [0.5, 0.6) is 5.75 Å². The Morgan fingerprint density at radius 2 is 1.66 bits per heavy atom. The highest BCUT2D eigenvalue weighted by Crippen LogP contribution is 2.12. The van der Waals surface area contributed by atoms with Crippen LogP contribution in [0.4, 0.5) is 0 Å². The van der Waals surface area contributed by atoms with E-state index < -0.39 is 6.04 Å². The summed E-state index contributed by atoms with van der Waals surface area (Å²) in [6, 6.07) is 17.0. The molecule has 0 bridgehead atoms. The summed E-state index contributed by atoms with van der Waals surface area (Å²) in [6.07, 6.45) is 0.679. The number of hydrogen-bond donors (Lipinski definition) is 1. The third-order valence-electron chi connectivity index (χ3n) is 4.72. The molecule has 156 valence electrons. The van der Waals surface area contributed by atoms with Gasteiger partial charge in [0.05, 0.1) is 0 Å². The van der Waals surface area contributed by atoms with Crippen molar-refractivity contribution in [2.75, 3.05) is 19.7 Å². The van der Waals surface area contributed by atoms with Crippen LogP contribution < -0.4 is 10.1 Å². The number of benzene rings is 2. The van der Waals surface area contributed by atoms with Crippen molar-refractivity contribution in [3.8, 4) is 5.75 Å². The average molecular weight is 397 g/mol. The smallest absolute Gasteiger partial charge is 0.261 e. The Kier molecular flexibility index (Phi) is 8.71. The van der Waals surface area contributed by atoms with Crippen LogP contribution in [0.2, 0.25) is 0 Å². The Bertz CT molecular complexity index is 772. The standard InChI is InChI=1S/C24H32N2O3/c1-18(2)16-25-24(28)20(4)26(15-14-21-8-6-5-7-9-21)23(27)17-29-22-12-10-19(3)11-13-22/h5-13,18,20H,14-17H2,1-4H3,(H,25,28). The van der Waals surface area contributed by atoms with Crippen LogP contribution in [0.3, 0.4) is 0 Å². The molecule has 0 aliphatic carbocycles. The summed E-state index contributed by atoms with van der Waals surface area (Å²) in [5, 5.41) is 2.92. The molecule has 1 N–H and O–H groups in total. The molecule has 0 heterocycles. The van der Waals surface area contributed by atoms with Gasteiger partial charge in [0.2, 0.25) is 5.91 Å². The molecule has 2 aromatic carbocycles. The second-order valence-electron chi connectivity index (χ2n) is 7.74. The van der Waals surface area contributed by atoms with Gasteiger partial charge in [-0.15, -0.1) is 0 Å². The lowest BCUT2D eigenvalue weighted by Gasteiger charge is -2.29. The van der Waals surface area contributed by atoms with E-state index in [4.69, 9.17) is 4.74 Å². The molecule has 29 heavy (non-hydrogen) atoms.